The Kier molecular flexibility index (Phi) is 5.59. The van der Waals surface area contributed by atoms with Crippen molar-refractivity contribution < 1.29 is 4.79 Å². The summed E-state index contributed by atoms with van der Waals surface area (Å²) in [5.41, 5.74) is 1.13. The molecule has 1 atom stereocenters. The number of hydrogen-bond donors (Lipinski definition) is 1. The van der Waals surface area contributed by atoms with E-state index in [0.717, 1.165) is 24.8 Å². The number of carbonyl (C=O) groups excluding carboxylic acids is 1. The van der Waals surface area contributed by atoms with E-state index in [4.69, 9.17) is 5.26 Å². The highest BCUT2D eigenvalue weighted by Gasteiger charge is 2.27. The molecule has 2 amide bonds. The van der Waals surface area contributed by atoms with Crippen molar-refractivity contribution in [3.05, 3.63) is 30.1 Å². The van der Waals surface area contributed by atoms with Crippen LogP contribution in [0.1, 0.15) is 51.6 Å². The number of piperidine rings is 1. The maximum atomic E-state index is 12.6. The zero-order valence-corrected chi connectivity index (χ0v) is 14.2. The molecule has 0 bridgehead atoms. The van der Waals surface area contributed by atoms with Crippen LogP contribution < -0.4 is 5.32 Å². The zero-order chi connectivity index (χ0) is 16.9. The van der Waals surface area contributed by atoms with E-state index < -0.39 is 0 Å². The quantitative estimate of drug-likeness (QED) is 0.928. The average Bonchev–Trinajstić information content (AvgIpc) is 2.54. The minimum Gasteiger partial charge on any atom is -0.331 e. The molecule has 1 saturated heterocycles. The third-order valence-corrected chi connectivity index (χ3v) is 4.17. The number of pyridine rings is 1. The first-order valence-electron chi connectivity index (χ1n) is 8.24. The molecule has 2 rings (SSSR count). The van der Waals surface area contributed by atoms with Crippen LogP contribution in [-0.2, 0) is 0 Å². The van der Waals surface area contributed by atoms with Crippen LogP contribution in [0.4, 0.5) is 4.79 Å². The molecule has 1 aromatic heterocycles. The van der Waals surface area contributed by atoms with E-state index >= 15 is 0 Å². The van der Waals surface area contributed by atoms with Gasteiger partial charge in [-0.3, -0.25) is 4.98 Å². The van der Waals surface area contributed by atoms with Crippen LogP contribution in [0.25, 0.3) is 0 Å². The van der Waals surface area contributed by atoms with Crippen molar-refractivity contribution in [1.82, 2.24) is 15.2 Å². The highest BCUT2D eigenvalue weighted by molar-refractivity contribution is 5.74. The zero-order valence-electron chi connectivity index (χ0n) is 14.2. The van der Waals surface area contributed by atoms with Gasteiger partial charge in [-0.25, -0.2) is 4.79 Å². The second-order valence-corrected chi connectivity index (χ2v) is 7.44. The first kappa shape index (κ1) is 17.3. The predicted octanol–water partition coefficient (Wildman–Crippen LogP) is 3.50. The Bertz CT molecular complexity index is 551. The number of nitrogens with one attached hydrogen (secondary N) is 1. The van der Waals surface area contributed by atoms with Gasteiger partial charge < -0.3 is 10.2 Å². The summed E-state index contributed by atoms with van der Waals surface area (Å²) in [6, 6.07) is 6.11. The van der Waals surface area contributed by atoms with Crippen molar-refractivity contribution >= 4 is 6.03 Å². The van der Waals surface area contributed by atoms with Crippen LogP contribution in [0.15, 0.2) is 24.5 Å². The van der Waals surface area contributed by atoms with E-state index in [0.29, 0.717) is 13.1 Å². The monoisotopic (exact) mass is 314 g/mol. The molecule has 0 radical (unpaired) electrons. The minimum absolute atomic E-state index is 0.0421. The highest BCUT2D eigenvalue weighted by atomic mass is 16.2. The number of urea groups is 1. The van der Waals surface area contributed by atoms with Crippen molar-refractivity contribution in [2.75, 3.05) is 13.1 Å². The first-order valence-corrected chi connectivity index (χ1v) is 8.24. The Hall–Kier alpha value is -2.09. The highest BCUT2D eigenvalue weighted by Crippen LogP contribution is 2.29. The topological polar surface area (TPSA) is 69.0 Å². The molecule has 1 fully saturated rings. The molecular formula is C18H26N4O. The van der Waals surface area contributed by atoms with Crippen LogP contribution >= 0.6 is 0 Å². The number of rotatable bonds is 3. The number of carbonyl (C=O) groups is 1. The van der Waals surface area contributed by atoms with Crippen molar-refractivity contribution in [1.29, 1.82) is 5.26 Å². The summed E-state index contributed by atoms with van der Waals surface area (Å²) in [6.07, 6.45) is 5.94. The van der Waals surface area contributed by atoms with E-state index in [1.165, 1.54) is 0 Å². The fraction of sp³-hybridized carbons (Fsp3) is 0.611. The van der Waals surface area contributed by atoms with Crippen LogP contribution in [0.5, 0.6) is 0 Å². The SMILES string of the molecule is CC(C)(C)C[C@H](NC(=O)N1CCC(C#N)CC1)c1cccnc1. The van der Waals surface area contributed by atoms with Crippen molar-refractivity contribution in [3.63, 3.8) is 0 Å². The maximum absolute atomic E-state index is 12.6. The van der Waals surface area contributed by atoms with E-state index in [-0.39, 0.29) is 23.4 Å². The van der Waals surface area contributed by atoms with Crippen LogP contribution in [0.3, 0.4) is 0 Å². The molecule has 1 aromatic rings. The Morgan fingerprint density at radius 3 is 2.70 bits per heavy atom. The van der Waals surface area contributed by atoms with Gasteiger partial charge in [-0.05, 0) is 36.3 Å². The Morgan fingerprint density at radius 2 is 2.17 bits per heavy atom. The molecule has 1 aliphatic heterocycles. The van der Waals surface area contributed by atoms with Crippen molar-refractivity contribution in [2.45, 2.75) is 46.1 Å². The molecule has 2 heterocycles. The second-order valence-electron chi connectivity index (χ2n) is 7.44. The molecule has 0 aliphatic carbocycles. The summed E-state index contributed by atoms with van der Waals surface area (Å²) in [5.74, 6) is 0.0859. The van der Waals surface area contributed by atoms with E-state index in [2.05, 4.69) is 37.1 Å². The van der Waals surface area contributed by atoms with E-state index in [9.17, 15) is 4.79 Å². The Morgan fingerprint density at radius 1 is 1.48 bits per heavy atom. The first-order chi connectivity index (χ1) is 10.9. The summed E-state index contributed by atoms with van der Waals surface area (Å²) in [7, 11) is 0. The summed E-state index contributed by atoms with van der Waals surface area (Å²) >= 11 is 0. The Balaban J connectivity index is 2.03. The lowest BCUT2D eigenvalue weighted by Gasteiger charge is -2.33. The average molecular weight is 314 g/mol. The molecule has 0 aromatic carbocycles. The standard InChI is InChI=1S/C18H26N4O/c1-18(2,3)11-16(15-5-4-8-20-13-15)21-17(23)22-9-6-14(12-19)7-10-22/h4-5,8,13-14,16H,6-7,9-11H2,1-3H3,(H,21,23)/t16-/m0/s1. The molecular weight excluding hydrogens is 288 g/mol. The summed E-state index contributed by atoms with van der Waals surface area (Å²) < 4.78 is 0. The molecule has 0 unspecified atom stereocenters. The molecule has 5 nitrogen and oxygen atoms in total. The number of amides is 2. The van der Waals surface area contributed by atoms with E-state index in [1.54, 1.807) is 6.20 Å². The molecule has 5 heteroatoms. The fourth-order valence-electron chi connectivity index (χ4n) is 2.90. The van der Waals surface area contributed by atoms with Gasteiger partial charge in [0, 0.05) is 31.4 Å². The van der Waals surface area contributed by atoms with Gasteiger partial charge in [0.2, 0.25) is 0 Å². The summed E-state index contributed by atoms with van der Waals surface area (Å²) in [6.45, 7) is 7.81. The fourth-order valence-corrected chi connectivity index (χ4v) is 2.90. The van der Waals surface area contributed by atoms with E-state index in [1.807, 2.05) is 23.2 Å². The third kappa shape index (κ3) is 5.24. The predicted molar refractivity (Wildman–Crippen MR) is 89.5 cm³/mol. The van der Waals surface area contributed by atoms with Gasteiger partial charge in [0.1, 0.15) is 0 Å². The molecule has 1 aliphatic rings. The number of aromatic nitrogens is 1. The van der Waals surface area contributed by atoms with Crippen molar-refractivity contribution in [3.8, 4) is 6.07 Å². The summed E-state index contributed by atoms with van der Waals surface area (Å²) in [4.78, 5) is 18.6. The molecule has 23 heavy (non-hydrogen) atoms. The van der Waals surface area contributed by atoms with Crippen LogP contribution in [0, 0.1) is 22.7 Å². The second kappa shape index (κ2) is 7.45. The number of nitriles is 1. The normalized spacial score (nSPS) is 17.4. The van der Waals surface area contributed by atoms with Gasteiger partial charge in [-0.2, -0.15) is 5.26 Å². The van der Waals surface area contributed by atoms with Crippen LogP contribution in [0.2, 0.25) is 0 Å². The van der Waals surface area contributed by atoms with Crippen LogP contribution in [-0.4, -0.2) is 29.0 Å². The lowest BCUT2D eigenvalue weighted by molar-refractivity contribution is 0.171. The maximum Gasteiger partial charge on any atom is 0.317 e. The van der Waals surface area contributed by atoms with Gasteiger partial charge in [-0.1, -0.05) is 26.8 Å². The molecule has 0 spiro atoms. The minimum atomic E-state index is -0.0510. The van der Waals surface area contributed by atoms with Gasteiger partial charge in [-0.15, -0.1) is 0 Å². The van der Waals surface area contributed by atoms with Gasteiger partial charge in [0.15, 0.2) is 0 Å². The number of likely N-dealkylation sites (tertiary alicyclic amines) is 1. The van der Waals surface area contributed by atoms with Gasteiger partial charge >= 0.3 is 6.03 Å². The third-order valence-electron chi connectivity index (χ3n) is 4.17. The number of nitrogens with zero attached hydrogens (tertiary/aromatic N) is 3. The van der Waals surface area contributed by atoms with Gasteiger partial charge in [0.25, 0.3) is 0 Å². The lowest BCUT2D eigenvalue weighted by atomic mass is 9.86. The lowest BCUT2D eigenvalue weighted by Crippen LogP contribution is -2.46. The molecule has 0 saturated carbocycles. The van der Waals surface area contributed by atoms with Crippen molar-refractivity contribution in [2.24, 2.45) is 11.3 Å². The summed E-state index contributed by atoms with van der Waals surface area (Å²) in [5, 5.41) is 12.1. The molecule has 1 N–H and O–H groups in total. The van der Waals surface area contributed by atoms with Gasteiger partial charge in [0.05, 0.1) is 12.1 Å². The Labute approximate surface area is 138 Å². The smallest absolute Gasteiger partial charge is 0.317 e. The largest absolute Gasteiger partial charge is 0.331 e. The number of hydrogen-bond acceptors (Lipinski definition) is 3. The molecule has 124 valence electrons.